The van der Waals surface area contributed by atoms with Gasteiger partial charge >= 0.3 is 0 Å². The summed E-state index contributed by atoms with van der Waals surface area (Å²) in [5, 5.41) is 10.6. The summed E-state index contributed by atoms with van der Waals surface area (Å²) >= 11 is 0. The molecule has 1 N–H and O–H groups in total. The molecule has 0 amide bonds. The van der Waals surface area contributed by atoms with Crippen molar-refractivity contribution in [3.8, 4) is 5.75 Å². The van der Waals surface area contributed by atoms with E-state index in [1.807, 2.05) is 31.2 Å². The van der Waals surface area contributed by atoms with Crippen molar-refractivity contribution in [3.63, 3.8) is 0 Å². The Morgan fingerprint density at radius 3 is 3.00 bits per heavy atom. The third kappa shape index (κ3) is 3.24. The first-order chi connectivity index (χ1) is 8.62. The molecule has 1 aliphatic heterocycles. The fraction of sp³-hybridized carbons (Fsp3) is 0.600. The Morgan fingerprint density at radius 2 is 2.33 bits per heavy atom. The van der Waals surface area contributed by atoms with E-state index in [1.165, 1.54) is 0 Å². The van der Waals surface area contributed by atoms with E-state index in [-0.39, 0.29) is 0 Å². The van der Waals surface area contributed by atoms with Gasteiger partial charge in [-0.3, -0.25) is 0 Å². The first-order valence-electron chi connectivity index (χ1n) is 6.60. The van der Waals surface area contributed by atoms with E-state index in [1.54, 1.807) is 7.11 Å². The first-order valence-corrected chi connectivity index (χ1v) is 6.60. The number of hydrogen-bond acceptors (Lipinski definition) is 3. The summed E-state index contributed by atoms with van der Waals surface area (Å²) in [6.45, 7) is 2.72. The van der Waals surface area contributed by atoms with Gasteiger partial charge in [-0.05, 0) is 50.3 Å². The van der Waals surface area contributed by atoms with Crippen molar-refractivity contribution < 1.29 is 14.6 Å². The van der Waals surface area contributed by atoms with Crippen LogP contribution in [0.5, 0.6) is 5.75 Å². The van der Waals surface area contributed by atoms with E-state index in [9.17, 15) is 5.11 Å². The van der Waals surface area contributed by atoms with Crippen molar-refractivity contribution in [2.75, 3.05) is 13.7 Å². The van der Waals surface area contributed by atoms with Gasteiger partial charge in [-0.1, -0.05) is 12.1 Å². The molecule has 1 aromatic carbocycles. The van der Waals surface area contributed by atoms with Gasteiger partial charge in [-0.25, -0.2) is 0 Å². The largest absolute Gasteiger partial charge is 0.497 e. The van der Waals surface area contributed by atoms with Crippen LogP contribution < -0.4 is 4.74 Å². The normalized spacial score (nSPS) is 22.7. The van der Waals surface area contributed by atoms with Crippen LogP contribution in [0.4, 0.5) is 0 Å². The van der Waals surface area contributed by atoms with Gasteiger partial charge in [0.1, 0.15) is 5.75 Å². The molecule has 0 aliphatic carbocycles. The van der Waals surface area contributed by atoms with E-state index in [0.717, 1.165) is 37.2 Å². The van der Waals surface area contributed by atoms with Gasteiger partial charge in [0.2, 0.25) is 0 Å². The van der Waals surface area contributed by atoms with E-state index < -0.39 is 5.60 Å². The van der Waals surface area contributed by atoms with E-state index in [2.05, 4.69) is 0 Å². The SMILES string of the molecule is COc1cccc(C(C)(O)CCC2CCCO2)c1. The van der Waals surface area contributed by atoms with Gasteiger partial charge in [0.05, 0.1) is 18.8 Å². The van der Waals surface area contributed by atoms with Crippen LogP contribution in [0, 0.1) is 0 Å². The monoisotopic (exact) mass is 250 g/mol. The molecule has 1 saturated heterocycles. The van der Waals surface area contributed by atoms with Crippen molar-refractivity contribution in [1.82, 2.24) is 0 Å². The predicted octanol–water partition coefficient (Wildman–Crippen LogP) is 2.86. The molecule has 1 fully saturated rings. The maximum absolute atomic E-state index is 10.6. The van der Waals surface area contributed by atoms with E-state index >= 15 is 0 Å². The highest BCUT2D eigenvalue weighted by Crippen LogP contribution is 2.30. The highest BCUT2D eigenvalue weighted by Gasteiger charge is 2.26. The lowest BCUT2D eigenvalue weighted by molar-refractivity contribution is 0.0219. The molecule has 1 aliphatic rings. The Labute approximate surface area is 109 Å². The van der Waals surface area contributed by atoms with Crippen molar-refractivity contribution in [2.45, 2.75) is 44.3 Å². The van der Waals surface area contributed by atoms with Gasteiger partial charge in [-0.2, -0.15) is 0 Å². The van der Waals surface area contributed by atoms with Crippen molar-refractivity contribution >= 4 is 0 Å². The fourth-order valence-electron chi connectivity index (χ4n) is 2.42. The molecule has 0 saturated carbocycles. The third-order valence-electron chi connectivity index (χ3n) is 3.67. The highest BCUT2D eigenvalue weighted by atomic mass is 16.5. The zero-order valence-electron chi connectivity index (χ0n) is 11.2. The molecule has 0 radical (unpaired) electrons. The van der Waals surface area contributed by atoms with Gasteiger partial charge in [0, 0.05) is 6.61 Å². The van der Waals surface area contributed by atoms with Crippen LogP contribution in [0.3, 0.4) is 0 Å². The summed E-state index contributed by atoms with van der Waals surface area (Å²) in [4.78, 5) is 0. The predicted molar refractivity (Wildman–Crippen MR) is 70.8 cm³/mol. The maximum Gasteiger partial charge on any atom is 0.119 e. The Kier molecular flexibility index (Phi) is 4.25. The van der Waals surface area contributed by atoms with E-state index in [0.29, 0.717) is 12.5 Å². The Morgan fingerprint density at radius 1 is 1.50 bits per heavy atom. The zero-order chi connectivity index (χ0) is 13.0. The molecular formula is C15H22O3. The summed E-state index contributed by atoms with van der Waals surface area (Å²) in [5.41, 5.74) is 0.0837. The van der Waals surface area contributed by atoms with Crippen molar-refractivity contribution in [2.24, 2.45) is 0 Å². The lowest BCUT2D eigenvalue weighted by Crippen LogP contribution is -2.23. The minimum absolute atomic E-state index is 0.321. The summed E-state index contributed by atoms with van der Waals surface area (Å²) in [6, 6.07) is 7.64. The van der Waals surface area contributed by atoms with Crippen molar-refractivity contribution in [1.29, 1.82) is 0 Å². The summed E-state index contributed by atoms with van der Waals surface area (Å²) in [5.74, 6) is 0.782. The van der Waals surface area contributed by atoms with Crippen LogP contribution in [0.25, 0.3) is 0 Å². The Hall–Kier alpha value is -1.06. The highest BCUT2D eigenvalue weighted by molar-refractivity contribution is 5.31. The lowest BCUT2D eigenvalue weighted by Gasteiger charge is -2.25. The smallest absolute Gasteiger partial charge is 0.119 e. The summed E-state index contributed by atoms with van der Waals surface area (Å²) in [7, 11) is 1.64. The number of hydrogen-bond donors (Lipinski definition) is 1. The maximum atomic E-state index is 10.6. The van der Waals surface area contributed by atoms with Crippen LogP contribution >= 0.6 is 0 Å². The first kappa shape index (κ1) is 13.4. The number of methoxy groups -OCH3 is 1. The van der Waals surface area contributed by atoms with Gasteiger partial charge < -0.3 is 14.6 Å². The molecule has 2 rings (SSSR count). The average Bonchev–Trinajstić information content (AvgIpc) is 2.90. The zero-order valence-corrected chi connectivity index (χ0v) is 11.2. The molecule has 0 bridgehead atoms. The second-order valence-electron chi connectivity index (χ2n) is 5.18. The fourth-order valence-corrected chi connectivity index (χ4v) is 2.42. The van der Waals surface area contributed by atoms with E-state index in [4.69, 9.17) is 9.47 Å². The Balaban J connectivity index is 1.99. The summed E-state index contributed by atoms with van der Waals surface area (Å²) < 4.78 is 10.8. The van der Waals surface area contributed by atoms with Crippen LogP contribution in [-0.4, -0.2) is 24.9 Å². The van der Waals surface area contributed by atoms with Crippen LogP contribution in [0.15, 0.2) is 24.3 Å². The van der Waals surface area contributed by atoms with Crippen molar-refractivity contribution in [3.05, 3.63) is 29.8 Å². The molecule has 100 valence electrons. The molecule has 18 heavy (non-hydrogen) atoms. The minimum Gasteiger partial charge on any atom is -0.497 e. The average molecular weight is 250 g/mol. The quantitative estimate of drug-likeness (QED) is 0.873. The number of benzene rings is 1. The molecule has 3 nitrogen and oxygen atoms in total. The molecule has 2 unspecified atom stereocenters. The second kappa shape index (κ2) is 5.72. The standard InChI is InChI=1S/C15H22O3/c1-15(16,9-8-13-7-4-10-18-13)12-5-3-6-14(11-12)17-2/h3,5-6,11,13,16H,4,7-10H2,1-2H3. The molecule has 0 spiro atoms. The second-order valence-corrected chi connectivity index (χ2v) is 5.18. The topological polar surface area (TPSA) is 38.7 Å². The molecule has 2 atom stereocenters. The van der Waals surface area contributed by atoms with Crippen LogP contribution in [-0.2, 0) is 10.3 Å². The van der Waals surface area contributed by atoms with Gasteiger partial charge in [0.15, 0.2) is 0 Å². The third-order valence-corrected chi connectivity index (χ3v) is 3.67. The number of rotatable bonds is 5. The van der Waals surface area contributed by atoms with Gasteiger partial charge in [-0.15, -0.1) is 0 Å². The molecular weight excluding hydrogens is 228 g/mol. The minimum atomic E-state index is -0.819. The Bertz CT molecular complexity index is 381. The van der Waals surface area contributed by atoms with Gasteiger partial charge in [0.25, 0.3) is 0 Å². The molecule has 1 heterocycles. The molecule has 3 heteroatoms. The van der Waals surface area contributed by atoms with Crippen LogP contribution in [0.1, 0.15) is 38.2 Å². The summed E-state index contributed by atoms with van der Waals surface area (Å²) in [6.07, 6.45) is 4.21. The molecule has 0 aromatic heterocycles. The van der Waals surface area contributed by atoms with Crippen LogP contribution in [0.2, 0.25) is 0 Å². The number of ether oxygens (including phenoxy) is 2. The lowest BCUT2D eigenvalue weighted by atomic mass is 9.89. The number of aliphatic hydroxyl groups is 1. The molecule has 1 aromatic rings.